The Labute approximate surface area is 127 Å². The van der Waals surface area contributed by atoms with E-state index in [1.54, 1.807) is 0 Å². The summed E-state index contributed by atoms with van der Waals surface area (Å²) in [5.74, 6) is -1.02. The minimum absolute atomic E-state index is 0.0865. The van der Waals surface area contributed by atoms with Crippen molar-refractivity contribution in [3.63, 3.8) is 0 Å². The molecule has 0 aromatic heterocycles. The summed E-state index contributed by atoms with van der Waals surface area (Å²) in [4.78, 5) is 22.1. The second-order valence-electron chi connectivity index (χ2n) is 2.70. The highest BCUT2D eigenvalue weighted by atomic mass is 79.9. The Kier molecular flexibility index (Phi) is 10.7. The third kappa shape index (κ3) is 12.7. The minimum atomic E-state index is -0.512. The van der Waals surface area contributed by atoms with E-state index in [1.165, 1.54) is 0 Å². The van der Waals surface area contributed by atoms with E-state index in [0.29, 0.717) is 0 Å². The minimum Gasteiger partial charge on any atom is -0.502 e. The molecule has 11 heteroatoms. The zero-order chi connectivity index (χ0) is 13.3. The molecule has 0 aromatic rings. The van der Waals surface area contributed by atoms with Crippen LogP contribution >= 0.6 is 55.8 Å². The highest BCUT2D eigenvalue weighted by Gasteiger charge is 2.10. The molecule has 0 radical (unpaired) electrons. The number of halogens is 4. The summed E-state index contributed by atoms with van der Waals surface area (Å²) >= 11 is 16.6. The van der Waals surface area contributed by atoms with Crippen molar-refractivity contribution in [2.45, 2.75) is 12.8 Å². The lowest BCUT2D eigenvalue weighted by Gasteiger charge is -2.07. The smallest absolute Gasteiger partial charge is 0.502 e. The van der Waals surface area contributed by atoms with Crippen LogP contribution in [0.1, 0.15) is 12.8 Å². The lowest BCUT2D eigenvalue weighted by molar-refractivity contribution is -0.139. The monoisotopic (exact) mass is 412 g/mol. The van der Waals surface area contributed by atoms with Gasteiger partial charge in [-0.3, -0.25) is 9.59 Å². The quantitative estimate of drug-likeness (QED) is 0.445. The van der Waals surface area contributed by atoms with Gasteiger partial charge < -0.3 is 9.31 Å². The van der Waals surface area contributed by atoms with Gasteiger partial charge in [0.05, 0.1) is 12.8 Å². The van der Waals surface area contributed by atoms with Gasteiger partial charge in [0.1, 0.15) is 0 Å². The van der Waals surface area contributed by atoms with Crippen LogP contribution in [-0.4, -0.2) is 39.6 Å². The predicted molar refractivity (Wildman–Crippen MR) is 71.5 cm³/mol. The van der Waals surface area contributed by atoms with Crippen molar-refractivity contribution in [2.24, 2.45) is 0 Å². The van der Waals surface area contributed by atoms with Crippen LogP contribution in [0.15, 0.2) is 0 Å². The van der Waals surface area contributed by atoms with Gasteiger partial charge in [-0.1, -0.05) is 0 Å². The summed E-state index contributed by atoms with van der Waals surface area (Å²) in [6.07, 6.45) is 0.173. The molecule has 0 rings (SSSR count). The van der Waals surface area contributed by atoms with Crippen LogP contribution in [0.25, 0.3) is 0 Å². The van der Waals surface area contributed by atoms with E-state index in [0.717, 1.165) is 6.89 Å². The molecule has 0 aromatic carbocycles. The molecule has 0 saturated heterocycles. The summed E-state index contributed by atoms with van der Waals surface area (Å²) in [6, 6.07) is 0. The SMILES string of the molecule is O=C(CCN(Cl)Br)OBOC(=O)CCN(Cl)Br. The van der Waals surface area contributed by atoms with E-state index in [2.05, 4.69) is 41.6 Å². The van der Waals surface area contributed by atoms with Crippen molar-refractivity contribution < 1.29 is 18.9 Å². The third-order valence-corrected chi connectivity index (χ3v) is 2.46. The first-order valence-electron chi connectivity index (χ1n) is 4.41. The topological polar surface area (TPSA) is 59.1 Å². The molecule has 0 unspecified atom stereocenters. The number of hydrogen-bond acceptors (Lipinski definition) is 6. The fourth-order valence-electron chi connectivity index (χ4n) is 0.657. The van der Waals surface area contributed by atoms with E-state index in [9.17, 15) is 9.59 Å². The van der Waals surface area contributed by atoms with Crippen molar-refractivity contribution in [1.29, 1.82) is 0 Å². The van der Waals surface area contributed by atoms with Crippen molar-refractivity contribution in [2.75, 3.05) is 13.1 Å². The van der Waals surface area contributed by atoms with Crippen LogP contribution in [0.3, 0.4) is 0 Å². The number of rotatable bonds is 8. The summed E-state index contributed by atoms with van der Waals surface area (Å²) in [5, 5.41) is 0. The van der Waals surface area contributed by atoms with Crippen molar-refractivity contribution in [3.05, 3.63) is 0 Å². The Morgan fingerprint density at radius 3 is 1.65 bits per heavy atom. The molecule has 0 fully saturated rings. The van der Waals surface area contributed by atoms with E-state index < -0.39 is 19.6 Å². The van der Waals surface area contributed by atoms with Crippen LogP contribution in [0.2, 0.25) is 0 Å². The number of carbonyl (C=O) groups is 2. The van der Waals surface area contributed by atoms with Crippen LogP contribution < -0.4 is 0 Å². The van der Waals surface area contributed by atoms with Crippen molar-refractivity contribution in [3.8, 4) is 0 Å². The highest BCUT2D eigenvalue weighted by Crippen LogP contribution is 2.04. The Morgan fingerprint density at radius 1 is 1.00 bits per heavy atom. The lowest BCUT2D eigenvalue weighted by Crippen LogP contribution is -2.19. The van der Waals surface area contributed by atoms with E-state index in [-0.39, 0.29) is 25.9 Å². The van der Waals surface area contributed by atoms with Crippen molar-refractivity contribution in [1.82, 2.24) is 6.89 Å². The average molecular weight is 415 g/mol. The molecule has 0 atom stereocenters. The molecule has 0 bridgehead atoms. The van der Waals surface area contributed by atoms with Gasteiger partial charge in [-0.15, -0.1) is 0 Å². The predicted octanol–water partition coefficient (Wildman–Crippen LogP) is 1.65. The first-order chi connectivity index (χ1) is 7.91. The second kappa shape index (κ2) is 10.4. The van der Waals surface area contributed by atoms with Gasteiger partial charge in [-0.25, -0.2) is 0 Å². The molecule has 0 saturated carbocycles. The molecule has 0 heterocycles. The normalized spacial score (nSPS) is 10.5. The van der Waals surface area contributed by atoms with Crippen LogP contribution in [0, 0.1) is 0 Å². The summed E-state index contributed by atoms with van der Waals surface area (Å²) in [6.45, 7) is 0.554. The summed E-state index contributed by atoms with van der Waals surface area (Å²) < 4.78 is 11.5. The first-order valence-corrected chi connectivity index (χ1v) is 6.50. The van der Waals surface area contributed by atoms with Gasteiger partial charge in [-0.05, 0) is 23.6 Å². The summed E-state index contributed by atoms with van der Waals surface area (Å²) in [7, 11) is -0.410. The maximum absolute atomic E-state index is 11.0. The van der Waals surface area contributed by atoms with Crippen LogP contribution in [-0.2, 0) is 18.9 Å². The molecule has 17 heavy (non-hydrogen) atoms. The van der Waals surface area contributed by atoms with E-state index in [1.807, 2.05) is 0 Å². The Bertz CT molecular complexity index is 236. The fraction of sp³-hybridized carbons (Fsp3) is 0.667. The molecular weight excluding hydrogens is 406 g/mol. The molecule has 0 aliphatic rings. The Hall–Kier alpha value is 0.465. The van der Waals surface area contributed by atoms with E-state index >= 15 is 0 Å². The highest BCUT2D eigenvalue weighted by molar-refractivity contribution is 9.08. The number of hydrogen-bond donors (Lipinski definition) is 0. The zero-order valence-electron chi connectivity index (χ0n) is 8.57. The molecule has 0 aliphatic carbocycles. The van der Waals surface area contributed by atoms with Gasteiger partial charge in [0, 0.05) is 45.4 Å². The van der Waals surface area contributed by atoms with Crippen LogP contribution in [0.5, 0.6) is 0 Å². The Balaban J connectivity index is 3.49. The largest absolute Gasteiger partial charge is 0.580 e. The third-order valence-electron chi connectivity index (χ3n) is 1.41. The molecule has 98 valence electrons. The van der Waals surface area contributed by atoms with Gasteiger partial charge in [0.15, 0.2) is 0 Å². The lowest BCUT2D eigenvalue weighted by atomic mass is 10.3. The average Bonchev–Trinajstić information content (AvgIpc) is 2.23. The molecule has 0 spiro atoms. The van der Waals surface area contributed by atoms with Gasteiger partial charge in [-0.2, -0.15) is 6.89 Å². The van der Waals surface area contributed by atoms with Gasteiger partial charge >= 0.3 is 7.69 Å². The number of carbonyl (C=O) groups excluding carboxylic acids is 2. The second-order valence-corrected chi connectivity index (χ2v) is 6.05. The summed E-state index contributed by atoms with van der Waals surface area (Å²) in [5.41, 5.74) is 0. The molecule has 6 nitrogen and oxygen atoms in total. The zero-order valence-corrected chi connectivity index (χ0v) is 13.3. The van der Waals surface area contributed by atoms with Crippen molar-refractivity contribution >= 4 is 75.5 Å². The maximum atomic E-state index is 11.0. The molecule has 0 aliphatic heterocycles. The number of nitrogens with zero attached hydrogens (tertiary/aromatic N) is 2. The van der Waals surface area contributed by atoms with Crippen LogP contribution in [0.4, 0.5) is 0 Å². The molecule has 0 amide bonds. The molecular formula is C6H9BBr2Cl2N2O4. The van der Waals surface area contributed by atoms with Gasteiger partial charge in [0.2, 0.25) is 0 Å². The molecule has 0 N–H and O–H groups in total. The van der Waals surface area contributed by atoms with Gasteiger partial charge in [0.25, 0.3) is 11.9 Å². The van der Waals surface area contributed by atoms with E-state index in [4.69, 9.17) is 23.6 Å². The Morgan fingerprint density at radius 2 is 1.35 bits per heavy atom. The standard InChI is InChI=1S/C6H9BBr2Cl2N2O4/c8-12(10)3-1-5(14)16-7-17-6(15)2-4-13(9)11/h7H,1-4H2. The fourth-order valence-corrected chi connectivity index (χ4v) is 1.18. The first kappa shape index (κ1) is 17.5. The maximum Gasteiger partial charge on any atom is 0.580 e.